The van der Waals surface area contributed by atoms with Gasteiger partial charge in [0.25, 0.3) is 0 Å². The number of rotatable bonds is 4. The highest BCUT2D eigenvalue weighted by molar-refractivity contribution is 6.32. The van der Waals surface area contributed by atoms with Crippen molar-refractivity contribution in [2.75, 3.05) is 14.1 Å². The van der Waals surface area contributed by atoms with Gasteiger partial charge < -0.3 is 15.9 Å². The summed E-state index contributed by atoms with van der Waals surface area (Å²) < 4.78 is 0. The molecule has 0 heterocycles. The molecule has 0 aliphatic heterocycles. The number of nitrogens with two attached hydrogens (primary N) is 1. The summed E-state index contributed by atoms with van der Waals surface area (Å²) in [6, 6.07) is 2.09. The van der Waals surface area contributed by atoms with Gasteiger partial charge in [0.2, 0.25) is 5.91 Å². The fourth-order valence-corrected chi connectivity index (χ4v) is 6.17. The number of phenolic OH excluding ortho intramolecular Hbond substituents is 1. The lowest BCUT2D eigenvalue weighted by molar-refractivity contribution is -0.181. The van der Waals surface area contributed by atoms with Gasteiger partial charge in [-0.1, -0.05) is 19.4 Å². The summed E-state index contributed by atoms with van der Waals surface area (Å²) in [6.45, 7) is 1.99. The minimum atomic E-state index is -2.69. The van der Waals surface area contributed by atoms with Gasteiger partial charge in [-0.15, -0.1) is 0 Å². The highest BCUT2D eigenvalue weighted by Gasteiger charge is 2.69. The van der Waals surface area contributed by atoms with E-state index in [4.69, 9.17) is 5.73 Å². The van der Waals surface area contributed by atoms with Gasteiger partial charge in [0.05, 0.1) is 17.5 Å². The van der Waals surface area contributed by atoms with Crippen molar-refractivity contribution >= 4 is 29.0 Å². The maximum absolute atomic E-state index is 13.7. The number of aromatic hydroxyl groups is 1. The van der Waals surface area contributed by atoms with E-state index in [0.29, 0.717) is 18.4 Å². The summed E-state index contributed by atoms with van der Waals surface area (Å²) in [5.41, 5.74) is 4.24. The molecule has 2 saturated carbocycles. The molecule has 3 unspecified atom stereocenters. The molecule has 0 radical (unpaired) electrons. The van der Waals surface area contributed by atoms with Crippen LogP contribution in [0.15, 0.2) is 12.1 Å². The number of carbonyl (C=O) groups excluding carboxylic acids is 5. The van der Waals surface area contributed by atoms with Crippen LogP contribution in [0.3, 0.4) is 0 Å². The monoisotopic (exact) mass is 456 g/mol. The maximum atomic E-state index is 13.7. The number of primary amides is 1. The van der Waals surface area contributed by atoms with Gasteiger partial charge in [-0.05, 0) is 56.5 Å². The lowest BCUT2D eigenvalue weighted by Gasteiger charge is -2.52. The summed E-state index contributed by atoms with van der Waals surface area (Å²) in [5, 5.41) is 21.9. The number of benzene rings is 1. The molecular weight excluding hydrogens is 428 g/mol. The standard InChI is InChI=1S/C24H28N2O7/c1-4-5-10-6-7-14(27)16-12(10)8-11-9-13-18(26(2)3)20(29)17(23(25)32)22(31)24(13,33)21(30)15(11)19(16)28/h6-7,11,13,15,17-18,27,33H,4-5,8-9H2,1-3H3,(H2,25,32)/t11-,13-,15?,17?,18?,24-/m1/s1. The van der Waals surface area contributed by atoms with E-state index in [0.717, 1.165) is 12.0 Å². The summed E-state index contributed by atoms with van der Waals surface area (Å²) in [5.74, 6) is -10.1. The number of phenols is 1. The Bertz CT molecular complexity index is 1090. The van der Waals surface area contributed by atoms with Crippen LogP contribution < -0.4 is 5.73 Å². The number of aryl methyl sites for hydroxylation is 1. The number of hydrogen-bond acceptors (Lipinski definition) is 8. The molecule has 3 aliphatic rings. The molecule has 1 aromatic rings. The second kappa shape index (κ2) is 7.85. The number of fused-ring (bicyclic) bond motifs is 3. The van der Waals surface area contributed by atoms with Crippen LogP contribution in [-0.4, -0.2) is 69.9 Å². The van der Waals surface area contributed by atoms with Gasteiger partial charge >= 0.3 is 0 Å². The van der Waals surface area contributed by atoms with Crippen LogP contribution in [0.25, 0.3) is 0 Å². The van der Waals surface area contributed by atoms with Crippen molar-refractivity contribution in [3.8, 4) is 5.75 Å². The normalized spacial score (nSPS) is 33.5. The van der Waals surface area contributed by atoms with E-state index in [9.17, 15) is 34.2 Å². The number of aliphatic hydroxyl groups is 1. The van der Waals surface area contributed by atoms with Gasteiger partial charge in [-0.2, -0.15) is 0 Å². The smallest absolute Gasteiger partial charge is 0.235 e. The van der Waals surface area contributed by atoms with Gasteiger partial charge in [-0.3, -0.25) is 28.9 Å². The van der Waals surface area contributed by atoms with E-state index in [1.807, 2.05) is 6.92 Å². The minimum absolute atomic E-state index is 0.0487. The van der Waals surface area contributed by atoms with E-state index in [1.165, 1.54) is 11.0 Å². The summed E-state index contributed by atoms with van der Waals surface area (Å²) in [6.07, 6.45) is 1.87. The molecule has 0 saturated heterocycles. The van der Waals surface area contributed by atoms with Gasteiger partial charge in [0.1, 0.15) is 5.75 Å². The van der Waals surface area contributed by atoms with E-state index in [2.05, 4.69) is 0 Å². The lowest BCUT2D eigenvalue weighted by Crippen LogP contribution is -2.74. The van der Waals surface area contributed by atoms with Crippen LogP contribution in [0.2, 0.25) is 0 Å². The fourth-order valence-electron chi connectivity index (χ4n) is 6.17. The SMILES string of the molecule is CCCc1ccc(O)c2c1C[C@@H]1C[C@@H]3C(N(C)C)C(=O)C(C(N)=O)C(=O)[C@]3(O)C(=O)C1C2=O. The van der Waals surface area contributed by atoms with Crippen molar-refractivity contribution in [1.29, 1.82) is 0 Å². The Morgan fingerprint density at radius 2 is 1.85 bits per heavy atom. The maximum Gasteiger partial charge on any atom is 0.235 e. The predicted octanol–water partition coefficient (Wildman–Crippen LogP) is -0.180. The van der Waals surface area contributed by atoms with Crippen molar-refractivity contribution in [3.05, 3.63) is 28.8 Å². The molecule has 4 N–H and O–H groups in total. The summed E-state index contributed by atoms with van der Waals surface area (Å²) >= 11 is 0. The number of nitrogens with zero attached hydrogens (tertiary/aromatic N) is 1. The first-order chi connectivity index (χ1) is 15.5. The molecule has 176 valence electrons. The highest BCUT2D eigenvalue weighted by Crippen LogP contribution is 2.51. The second-order valence-corrected chi connectivity index (χ2v) is 9.64. The average molecular weight is 456 g/mol. The van der Waals surface area contributed by atoms with Gasteiger partial charge in [0, 0.05) is 5.92 Å². The van der Waals surface area contributed by atoms with Crippen LogP contribution in [0, 0.1) is 23.7 Å². The molecule has 0 spiro atoms. The number of amides is 1. The van der Waals surface area contributed by atoms with Gasteiger partial charge in [-0.25, -0.2) is 0 Å². The molecule has 1 amide bonds. The predicted molar refractivity (Wildman–Crippen MR) is 115 cm³/mol. The number of Topliss-reactive ketones (excluding diaryl/α,β-unsaturated/α-hetero) is 4. The number of likely N-dealkylation sites (N-methyl/N-ethyl adjacent to an activating group) is 1. The van der Waals surface area contributed by atoms with E-state index in [-0.39, 0.29) is 17.7 Å². The van der Waals surface area contributed by atoms with Crippen molar-refractivity contribution in [3.63, 3.8) is 0 Å². The zero-order chi connectivity index (χ0) is 24.4. The van der Waals surface area contributed by atoms with Crippen LogP contribution in [-0.2, 0) is 32.0 Å². The van der Waals surface area contributed by atoms with Crippen LogP contribution >= 0.6 is 0 Å². The van der Waals surface area contributed by atoms with Crippen molar-refractivity contribution in [1.82, 2.24) is 4.90 Å². The van der Waals surface area contributed by atoms with Crippen LogP contribution in [0.5, 0.6) is 5.75 Å². The van der Waals surface area contributed by atoms with Crippen molar-refractivity contribution < 1.29 is 34.2 Å². The minimum Gasteiger partial charge on any atom is -0.507 e. The highest BCUT2D eigenvalue weighted by atomic mass is 16.3. The Balaban J connectivity index is 1.87. The third-order valence-corrected chi connectivity index (χ3v) is 7.56. The largest absolute Gasteiger partial charge is 0.507 e. The third kappa shape index (κ3) is 3.09. The average Bonchev–Trinajstić information content (AvgIpc) is 2.72. The summed E-state index contributed by atoms with van der Waals surface area (Å²) in [7, 11) is 3.12. The Labute approximate surface area is 190 Å². The first kappa shape index (κ1) is 23.3. The van der Waals surface area contributed by atoms with Gasteiger partial charge in [0.15, 0.2) is 34.7 Å². The molecule has 9 heteroatoms. The number of hydrogen-bond donors (Lipinski definition) is 3. The molecule has 9 nitrogen and oxygen atoms in total. The Hall–Kier alpha value is -2.91. The third-order valence-electron chi connectivity index (χ3n) is 7.56. The van der Waals surface area contributed by atoms with Crippen molar-refractivity contribution in [2.24, 2.45) is 29.4 Å². The molecule has 0 bridgehead atoms. The van der Waals surface area contributed by atoms with E-state index in [1.54, 1.807) is 20.2 Å². The first-order valence-corrected chi connectivity index (χ1v) is 11.1. The summed E-state index contributed by atoms with van der Waals surface area (Å²) in [4.78, 5) is 66.8. The van der Waals surface area contributed by atoms with Crippen LogP contribution in [0.1, 0.15) is 41.3 Å². The zero-order valence-electron chi connectivity index (χ0n) is 18.8. The molecule has 3 aliphatic carbocycles. The Kier molecular flexibility index (Phi) is 5.53. The first-order valence-electron chi connectivity index (χ1n) is 11.1. The Morgan fingerprint density at radius 1 is 1.18 bits per heavy atom. The number of ketones is 4. The van der Waals surface area contributed by atoms with Crippen molar-refractivity contribution in [2.45, 2.75) is 44.2 Å². The molecule has 33 heavy (non-hydrogen) atoms. The molecule has 6 atom stereocenters. The quantitative estimate of drug-likeness (QED) is 0.527. The Morgan fingerprint density at radius 3 is 2.42 bits per heavy atom. The molecule has 4 rings (SSSR count). The number of carbonyl (C=O) groups is 5. The van der Waals surface area contributed by atoms with Crippen LogP contribution in [0.4, 0.5) is 0 Å². The molecule has 2 fully saturated rings. The zero-order valence-corrected chi connectivity index (χ0v) is 18.8. The van der Waals surface area contributed by atoms with E-state index >= 15 is 0 Å². The van der Waals surface area contributed by atoms with E-state index < -0.39 is 64.4 Å². The second-order valence-electron chi connectivity index (χ2n) is 9.64. The molecule has 0 aromatic heterocycles. The lowest BCUT2D eigenvalue weighted by atomic mass is 9.52. The molecule has 1 aromatic carbocycles. The fraction of sp³-hybridized carbons (Fsp3) is 0.542. The topological polar surface area (TPSA) is 155 Å². The molecular formula is C24H28N2O7.